The Bertz CT molecular complexity index is 446. The lowest BCUT2D eigenvalue weighted by atomic mass is 10.3. The Morgan fingerprint density at radius 3 is 3.16 bits per heavy atom. The van der Waals surface area contributed by atoms with Gasteiger partial charge in [-0.15, -0.1) is 0 Å². The molecule has 7 nitrogen and oxygen atoms in total. The van der Waals surface area contributed by atoms with Crippen LogP contribution in [0.2, 0.25) is 0 Å². The maximum Gasteiger partial charge on any atom is 0.361 e. The summed E-state index contributed by atoms with van der Waals surface area (Å²) in [4.78, 5) is 13.8. The molecule has 0 bridgehead atoms. The highest BCUT2D eigenvalue weighted by Gasteiger charge is 2.21. The summed E-state index contributed by atoms with van der Waals surface area (Å²) in [7, 11) is 2.05. The number of carbonyl (C=O) groups is 1. The van der Waals surface area contributed by atoms with E-state index in [4.69, 9.17) is 15.2 Å². The number of nitrogen functional groups attached to an aromatic ring is 1. The minimum Gasteiger partial charge on any atom is -0.461 e. The Balaban J connectivity index is 2.01. The lowest BCUT2D eigenvalue weighted by Gasteiger charge is -2.29. The number of hydrogen-bond acceptors (Lipinski definition) is 6. The molecule has 2 N–H and O–H groups in total. The van der Waals surface area contributed by atoms with Gasteiger partial charge in [0.1, 0.15) is 0 Å². The second kappa shape index (κ2) is 6.03. The standard InChI is InChI=1S/C12H20N4O3/c1-3-18-12(17)11-10(13)8-16(14-11)7-9-6-15(2)4-5-19-9/h8-9H,3-7,13H2,1-2H3. The van der Waals surface area contributed by atoms with E-state index in [0.717, 1.165) is 13.1 Å². The van der Waals surface area contributed by atoms with Crippen LogP contribution >= 0.6 is 0 Å². The van der Waals surface area contributed by atoms with Crippen LogP contribution in [-0.2, 0) is 16.0 Å². The van der Waals surface area contributed by atoms with Gasteiger partial charge in [-0.05, 0) is 14.0 Å². The van der Waals surface area contributed by atoms with Crippen LogP contribution in [0.25, 0.3) is 0 Å². The molecule has 0 spiro atoms. The molecule has 1 aliphatic rings. The number of hydrogen-bond donors (Lipinski definition) is 1. The van der Waals surface area contributed by atoms with Gasteiger partial charge in [0.05, 0.1) is 31.5 Å². The molecule has 0 aliphatic carbocycles. The van der Waals surface area contributed by atoms with Crippen molar-refractivity contribution in [3.63, 3.8) is 0 Å². The zero-order chi connectivity index (χ0) is 13.8. The summed E-state index contributed by atoms with van der Waals surface area (Å²) < 4.78 is 12.2. The van der Waals surface area contributed by atoms with E-state index in [2.05, 4.69) is 17.0 Å². The number of likely N-dealkylation sites (N-methyl/N-ethyl adjacent to an activating group) is 1. The third-order valence-electron chi connectivity index (χ3n) is 2.99. The van der Waals surface area contributed by atoms with Crippen LogP contribution in [0.5, 0.6) is 0 Å². The predicted octanol–water partition coefficient (Wildman–Crippen LogP) is -0.0274. The van der Waals surface area contributed by atoms with E-state index >= 15 is 0 Å². The SMILES string of the molecule is CCOC(=O)c1nn(CC2CN(C)CCO2)cc1N. The number of rotatable bonds is 4. The van der Waals surface area contributed by atoms with Crippen molar-refractivity contribution < 1.29 is 14.3 Å². The third kappa shape index (κ3) is 3.45. The van der Waals surface area contributed by atoms with Crippen molar-refractivity contribution in [1.29, 1.82) is 0 Å². The molecule has 0 saturated carbocycles. The summed E-state index contributed by atoms with van der Waals surface area (Å²) in [6.07, 6.45) is 1.71. The van der Waals surface area contributed by atoms with Crippen molar-refractivity contribution in [2.45, 2.75) is 19.6 Å². The molecule has 0 amide bonds. The van der Waals surface area contributed by atoms with Gasteiger partial charge in [-0.1, -0.05) is 0 Å². The highest BCUT2D eigenvalue weighted by molar-refractivity contribution is 5.92. The smallest absolute Gasteiger partial charge is 0.361 e. The molecule has 106 valence electrons. The van der Waals surface area contributed by atoms with E-state index in [1.165, 1.54) is 0 Å². The summed E-state index contributed by atoms with van der Waals surface area (Å²) >= 11 is 0. The van der Waals surface area contributed by atoms with Gasteiger partial charge in [-0.2, -0.15) is 5.10 Å². The second-order valence-electron chi connectivity index (χ2n) is 4.63. The first kappa shape index (κ1) is 13.8. The van der Waals surface area contributed by atoms with Crippen LogP contribution < -0.4 is 5.73 Å². The zero-order valence-corrected chi connectivity index (χ0v) is 11.3. The highest BCUT2D eigenvalue weighted by atomic mass is 16.5. The monoisotopic (exact) mass is 268 g/mol. The van der Waals surface area contributed by atoms with Gasteiger partial charge < -0.3 is 20.1 Å². The summed E-state index contributed by atoms with van der Waals surface area (Å²) in [6, 6.07) is 0. The number of esters is 1. The first-order chi connectivity index (χ1) is 9.10. The van der Waals surface area contributed by atoms with Crippen molar-refractivity contribution in [2.75, 3.05) is 39.1 Å². The number of ether oxygens (including phenoxy) is 2. The molecule has 1 fully saturated rings. The third-order valence-corrected chi connectivity index (χ3v) is 2.99. The Labute approximate surface area is 112 Å². The number of anilines is 1. The summed E-state index contributed by atoms with van der Waals surface area (Å²) in [6.45, 7) is 5.12. The van der Waals surface area contributed by atoms with Gasteiger partial charge in [-0.3, -0.25) is 4.68 Å². The van der Waals surface area contributed by atoms with Crippen LogP contribution in [0.15, 0.2) is 6.20 Å². The van der Waals surface area contributed by atoms with E-state index in [9.17, 15) is 4.79 Å². The second-order valence-corrected chi connectivity index (χ2v) is 4.63. The molecule has 1 aromatic rings. The van der Waals surface area contributed by atoms with Crippen molar-refractivity contribution in [2.24, 2.45) is 0 Å². The Kier molecular flexibility index (Phi) is 4.39. The maximum atomic E-state index is 11.6. The van der Waals surface area contributed by atoms with Gasteiger partial charge >= 0.3 is 5.97 Å². The maximum absolute atomic E-state index is 11.6. The molecule has 2 rings (SSSR count). The first-order valence-corrected chi connectivity index (χ1v) is 6.40. The molecule has 1 saturated heterocycles. The van der Waals surface area contributed by atoms with Gasteiger partial charge in [0.2, 0.25) is 0 Å². The molecule has 2 heterocycles. The average Bonchev–Trinajstić information content (AvgIpc) is 2.70. The van der Waals surface area contributed by atoms with Gasteiger partial charge in [0.25, 0.3) is 0 Å². The fraction of sp³-hybridized carbons (Fsp3) is 0.667. The van der Waals surface area contributed by atoms with Crippen LogP contribution in [0.3, 0.4) is 0 Å². The van der Waals surface area contributed by atoms with Gasteiger partial charge in [-0.25, -0.2) is 4.79 Å². The Morgan fingerprint density at radius 1 is 1.68 bits per heavy atom. The fourth-order valence-corrected chi connectivity index (χ4v) is 2.07. The fourth-order valence-electron chi connectivity index (χ4n) is 2.07. The Morgan fingerprint density at radius 2 is 2.47 bits per heavy atom. The zero-order valence-electron chi connectivity index (χ0n) is 11.3. The summed E-state index contributed by atoms with van der Waals surface area (Å²) in [5, 5.41) is 4.17. The van der Waals surface area contributed by atoms with E-state index in [0.29, 0.717) is 25.4 Å². The summed E-state index contributed by atoms with van der Waals surface area (Å²) in [5.74, 6) is -0.486. The van der Waals surface area contributed by atoms with E-state index in [1.54, 1.807) is 17.8 Å². The summed E-state index contributed by atoms with van der Waals surface area (Å²) in [5.41, 5.74) is 6.28. The van der Waals surface area contributed by atoms with E-state index in [-0.39, 0.29) is 11.8 Å². The largest absolute Gasteiger partial charge is 0.461 e. The lowest BCUT2D eigenvalue weighted by molar-refractivity contribution is -0.0291. The van der Waals surface area contributed by atoms with Crippen molar-refractivity contribution in [3.05, 3.63) is 11.9 Å². The van der Waals surface area contributed by atoms with Crippen LogP contribution in [-0.4, -0.2) is 60.1 Å². The highest BCUT2D eigenvalue weighted by Crippen LogP contribution is 2.12. The minimum absolute atomic E-state index is 0.0631. The molecule has 19 heavy (non-hydrogen) atoms. The first-order valence-electron chi connectivity index (χ1n) is 6.40. The molecule has 0 aromatic carbocycles. The van der Waals surface area contributed by atoms with Crippen LogP contribution in [0.1, 0.15) is 17.4 Å². The number of morpholine rings is 1. The number of nitrogens with zero attached hydrogens (tertiary/aromatic N) is 3. The molecular weight excluding hydrogens is 248 g/mol. The average molecular weight is 268 g/mol. The van der Waals surface area contributed by atoms with Crippen molar-refractivity contribution in [1.82, 2.24) is 14.7 Å². The van der Waals surface area contributed by atoms with Crippen molar-refractivity contribution >= 4 is 11.7 Å². The van der Waals surface area contributed by atoms with Crippen LogP contribution in [0.4, 0.5) is 5.69 Å². The van der Waals surface area contributed by atoms with E-state index in [1.807, 2.05) is 0 Å². The van der Waals surface area contributed by atoms with Crippen molar-refractivity contribution in [3.8, 4) is 0 Å². The molecule has 1 unspecified atom stereocenters. The predicted molar refractivity (Wildman–Crippen MR) is 69.8 cm³/mol. The van der Waals surface area contributed by atoms with Gasteiger partial charge in [0, 0.05) is 19.3 Å². The number of carbonyl (C=O) groups excluding carboxylic acids is 1. The molecule has 1 aliphatic heterocycles. The van der Waals surface area contributed by atoms with E-state index < -0.39 is 5.97 Å². The topological polar surface area (TPSA) is 82.6 Å². The van der Waals surface area contributed by atoms with Crippen LogP contribution in [0, 0.1) is 0 Å². The molecular formula is C12H20N4O3. The molecule has 7 heteroatoms. The molecule has 0 radical (unpaired) electrons. The molecule has 1 aromatic heterocycles. The normalized spacial score (nSPS) is 20.4. The Hall–Kier alpha value is -1.60. The number of aromatic nitrogens is 2. The molecule has 1 atom stereocenters. The number of nitrogens with two attached hydrogens (primary N) is 1. The van der Waals surface area contributed by atoms with Gasteiger partial charge in [0.15, 0.2) is 5.69 Å². The lowest BCUT2D eigenvalue weighted by Crippen LogP contribution is -2.42. The quantitative estimate of drug-likeness (QED) is 0.772. The minimum atomic E-state index is -0.486.